The maximum atomic E-state index is 9.64. The molecule has 0 saturated carbocycles. The van der Waals surface area contributed by atoms with Crippen LogP contribution in [0.5, 0.6) is 0 Å². The van der Waals surface area contributed by atoms with Crippen molar-refractivity contribution in [2.75, 3.05) is 0 Å². The van der Waals surface area contributed by atoms with Gasteiger partial charge in [-0.15, -0.1) is 0 Å². The molecule has 1 aromatic heterocycles. The Labute approximate surface area is 114 Å². The maximum absolute atomic E-state index is 9.64. The van der Waals surface area contributed by atoms with Crippen LogP contribution in [0.15, 0.2) is 36.5 Å². The van der Waals surface area contributed by atoms with Gasteiger partial charge in [-0.1, -0.05) is 30.3 Å². The molecule has 1 heterocycles. The standard InChI is InChI=1S/C16H20N2O/c1-11-14(12(2)19)10-17-15(18-11)16(3,4)13-8-6-5-7-9-13/h5-10,12,19H,1-4H3/t12-/m0/s1. The average molecular weight is 256 g/mol. The molecule has 0 aliphatic heterocycles. The van der Waals surface area contributed by atoms with Crippen molar-refractivity contribution in [3.63, 3.8) is 0 Å². The molecule has 0 bridgehead atoms. The molecule has 3 heteroatoms. The van der Waals surface area contributed by atoms with Gasteiger partial charge in [-0.2, -0.15) is 0 Å². The van der Waals surface area contributed by atoms with Crippen LogP contribution in [0.25, 0.3) is 0 Å². The van der Waals surface area contributed by atoms with Gasteiger partial charge >= 0.3 is 0 Å². The molecule has 19 heavy (non-hydrogen) atoms. The van der Waals surface area contributed by atoms with Crippen LogP contribution in [0.4, 0.5) is 0 Å². The number of hydrogen-bond donors (Lipinski definition) is 1. The van der Waals surface area contributed by atoms with Gasteiger partial charge in [-0.3, -0.25) is 0 Å². The molecule has 2 aromatic rings. The number of benzene rings is 1. The van der Waals surface area contributed by atoms with Crippen LogP contribution in [-0.4, -0.2) is 15.1 Å². The Hall–Kier alpha value is -1.74. The first-order valence-electron chi connectivity index (χ1n) is 6.50. The highest BCUT2D eigenvalue weighted by Gasteiger charge is 2.26. The number of rotatable bonds is 3. The molecule has 0 amide bonds. The number of nitrogens with zero attached hydrogens (tertiary/aromatic N) is 2. The van der Waals surface area contributed by atoms with Crippen LogP contribution in [0.3, 0.4) is 0 Å². The van der Waals surface area contributed by atoms with Crippen LogP contribution in [-0.2, 0) is 5.41 Å². The van der Waals surface area contributed by atoms with Crippen molar-refractivity contribution in [2.45, 2.75) is 39.2 Å². The summed E-state index contributed by atoms with van der Waals surface area (Å²) in [6.07, 6.45) is 1.20. The fraction of sp³-hybridized carbons (Fsp3) is 0.375. The summed E-state index contributed by atoms with van der Waals surface area (Å²) in [6.45, 7) is 7.86. The van der Waals surface area contributed by atoms with E-state index in [0.717, 1.165) is 17.1 Å². The minimum Gasteiger partial charge on any atom is -0.389 e. The molecule has 3 nitrogen and oxygen atoms in total. The van der Waals surface area contributed by atoms with Crippen LogP contribution >= 0.6 is 0 Å². The first-order valence-corrected chi connectivity index (χ1v) is 6.50. The summed E-state index contributed by atoms with van der Waals surface area (Å²) in [5.41, 5.74) is 2.55. The van der Waals surface area contributed by atoms with E-state index in [9.17, 15) is 5.11 Å². The van der Waals surface area contributed by atoms with E-state index in [1.165, 1.54) is 5.56 Å². The lowest BCUT2D eigenvalue weighted by Gasteiger charge is -2.24. The molecule has 0 spiro atoms. The van der Waals surface area contributed by atoms with Crippen molar-refractivity contribution in [2.24, 2.45) is 0 Å². The van der Waals surface area contributed by atoms with Gasteiger partial charge < -0.3 is 5.11 Å². The van der Waals surface area contributed by atoms with Gasteiger partial charge in [0.2, 0.25) is 0 Å². The number of aliphatic hydroxyl groups is 1. The zero-order valence-corrected chi connectivity index (χ0v) is 11.9. The third kappa shape index (κ3) is 2.66. The van der Waals surface area contributed by atoms with Gasteiger partial charge in [0.1, 0.15) is 5.82 Å². The third-order valence-electron chi connectivity index (χ3n) is 3.52. The lowest BCUT2D eigenvalue weighted by molar-refractivity contribution is 0.197. The zero-order chi connectivity index (χ0) is 14.0. The van der Waals surface area contributed by atoms with E-state index in [2.05, 4.69) is 35.9 Å². The summed E-state index contributed by atoms with van der Waals surface area (Å²) >= 11 is 0. The number of aryl methyl sites for hydroxylation is 1. The van der Waals surface area contributed by atoms with E-state index < -0.39 is 6.10 Å². The predicted molar refractivity (Wildman–Crippen MR) is 76.0 cm³/mol. The van der Waals surface area contributed by atoms with E-state index in [1.54, 1.807) is 13.1 Å². The first kappa shape index (κ1) is 13.7. The largest absolute Gasteiger partial charge is 0.389 e. The Kier molecular flexibility index (Phi) is 3.67. The van der Waals surface area contributed by atoms with Crippen LogP contribution in [0, 0.1) is 6.92 Å². The van der Waals surface area contributed by atoms with Crippen molar-refractivity contribution in [3.05, 3.63) is 59.2 Å². The summed E-state index contributed by atoms with van der Waals surface area (Å²) in [6, 6.07) is 10.2. The summed E-state index contributed by atoms with van der Waals surface area (Å²) in [5.74, 6) is 0.778. The topological polar surface area (TPSA) is 46.0 Å². The first-order chi connectivity index (χ1) is 8.93. The summed E-state index contributed by atoms with van der Waals surface area (Å²) in [4.78, 5) is 9.01. The molecule has 0 radical (unpaired) electrons. The molecule has 0 fully saturated rings. The molecular formula is C16H20N2O. The summed E-state index contributed by atoms with van der Waals surface area (Å²) in [5, 5.41) is 9.64. The van der Waals surface area contributed by atoms with Crippen molar-refractivity contribution in [1.29, 1.82) is 0 Å². The second kappa shape index (κ2) is 5.10. The quantitative estimate of drug-likeness (QED) is 0.917. The molecule has 100 valence electrons. The minimum absolute atomic E-state index is 0.247. The molecule has 0 saturated heterocycles. The van der Waals surface area contributed by atoms with Crippen molar-refractivity contribution < 1.29 is 5.11 Å². The Morgan fingerprint density at radius 1 is 1.16 bits per heavy atom. The van der Waals surface area contributed by atoms with Crippen molar-refractivity contribution in [1.82, 2.24) is 9.97 Å². The summed E-state index contributed by atoms with van der Waals surface area (Å²) < 4.78 is 0. The lowest BCUT2D eigenvalue weighted by Crippen LogP contribution is -2.23. The predicted octanol–water partition coefficient (Wildman–Crippen LogP) is 3.16. The molecule has 1 atom stereocenters. The van der Waals surface area contributed by atoms with Gasteiger partial charge in [0.25, 0.3) is 0 Å². The van der Waals surface area contributed by atoms with Crippen LogP contribution < -0.4 is 0 Å². The molecule has 0 unspecified atom stereocenters. The minimum atomic E-state index is -0.533. The fourth-order valence-electron chi connectivity index (χ4n) is 2.17. The molecule has 1 N–H and O–H groups in total. The van der Waals surface area contributed by atoms with E-state index in [4.69, 9.17) is 0 Å². The van der Waals surface area contributed by atoms with Crippen LogP contribution in [0.1, 0.15) is 49.5 Å². The number of aromatic nitrogens is 2. The van der Waals surface area contributed by atoms with Gasteiger partial charge in [-0.25, -0.2) is 9.97 Å². The van der Waals surface area contributed by atoms with E-state index in [1.807, 2.05) is 25.1 Å². The highest BCUT2D eigenvalue weighted by molar-refractivity contribution is 5.32. The highest BCUT2D eigenvalue weighted by Crippen LogP contribution is 2.29. The van der Waals surface area contributed by atoms with Gasteiger partial charge in [0, 0.05) is 22.9 Å². The number of aliphatic hydroxyl groups excluding tert-OH is 1. The van der Waals surface area contributed by atoms with Gasteiger partial charge in [0.05, 0.1) is 6.10 Å². The Balaban J connectivity index is 2.44. The Morgan fingerprint density at radius 2 is 1.79 bits per heavy atom. The van der Waals surface area contributed by atoms with Crippen molar-refractivity contribution >= 4 is 0 Å². The Morgan fingerprint density at radius 3 is 2.32 bits per heavy atom. The summed E-state index contributed by atoms with van der Waals surface area (Å²) in [7, 11) is 0. The maximum Gasteiger partial charge on any atom is 0.138 e. The fourth-order valence-corrected chi connectivity index (χ4v) is 2.17. The van der Waals surface area contributed by atoms with Crippen molar-refractivity contribution in [3.8, 4) is 0 Å². The van der Waals surface area contributed by atoms with E-state index >= 15 is 0 Å². The monoisotopic (exact) mass is 256 g/mol. The molecule has 1 aromatic carbocycles. The lowest BCUT2D eigenvalue weighted by atomic mass is 9.83. The third-order valence-corrected chi connectivity index (χ3v) is 3.52. The second-order valence-electron chi connectivity index (χ2n) is 5.40. The second-order valence-corrected chi connectivity index (χ2v) is 5.40. The smallest absolute Gasteiger partial charge is 0.138 e. The molecular weight excluding hydrogens is 236 g/mol. The van der Waals surface area contributed by atoms with Crippen LogP contribution in [0.2, 0.25) is 0 Å². The van der Waals surface area contributed by atoms with Gasteiger partial charge in [-0.05, 0) is 33.3 Å². The SMILES string of the molecule is Cc1nc(C(C)(C)c2ccccc2)ncc1[C@H](C)O. The highest BCUT2D eigenvalue weighted by atomic mass is 16.3. The average Bonchev–Trinajstić information content (AvgIpc) is 2.39. The van der Waals surface area contributed by atoms with E-state index in [-0.39, 0.29) is 5.41 Å². The number of hydrogen-bond acceptors (Lipinski definition) is 3. The van der Waals surface area contributed by atoms with E-state index in [0.29, 0.717) is 0 Å². The molecule has 0 aliphatic carbocycles. The molecule has 2 rings (SSSR count). The van der Waals surface area contributed by atoms with Gasteiger partial charge in [0.15, 0.2) is 0 Å². The normalized spacial score (nSPS) is 13.3. The zero-order valence-electron chi connectivity index (χ0n) is 11.9. The molecule has 0 aliphatic rings. The Bertz CT molecular complexity index is 562.